The lowest BCUT2D eigenvalue weighted by atomic mass is 9.94. The number of para-hydroxylation sites is 1. The van der Waals surface area contributed by atoms with Gasteiger partial charge in [0.05, 0.1) is 21.3 Å². The van der Waals surface area contributed by atoms with Crippen molar-refractivity contribution in [2.24, 2.45) is 0 Å². The number of piperazine rings is 1. The maximum absolute atomic E-state index is 13.9. The fourth-order valence-corrected chi connectivity index (χ4v) is 5.08. The smallest absolute Gasteiger partial charge is 0.254 e. The van der Waals surface area contributed by atoms with Crippen molar-refractivity contribution in [1.29, 1.82) is 0 Å². The minimum absolute atomic E-state index is 0.00689. The summed E-state index contributed by atoms with van der Waals surface area (Å²) in [7, 11) is 0. The van der Waals surface area contributed by atoms with Crippen molar-refractivity contribution in [2.75, 3.05) is 36.4 Å². The maximum atomic E-state index is 13.9. The Balaban J connectivity index is 1.48. The number of carbonyl (C=O) groups excluding carboxylic acids is 1. The Morgan fingerprint density at radius 1 is 1.00 bits per heavy atom. The van der Waals surface area contributed by atoms with Crippen LogP contribution in [0.15, 0.2) is 65.9 Å². The van der Waals surface area contributed by atoms with E-state index in [0.29, 0.717) is 28.7 Å². The van der Waals surface area contributed by atoms with Crippen molar-refractivity contribution in [3.05, 3.63) is 87.2 Å². The molecule has 2 aliphatic heterocycles. The third-order valence-electron chi connectivity index (χ3n) is 6.29. The summed E-state index contributed by atoms with van der Waals surface area (Å²) in [5.74, 6) is 0.823. The number of carbonyl (C=O) groups is 1. The maximum Gasteiger partial charge on any atom is 0.254 e. The molecule has 3 aromatic rings. The van der Waals surface area contributed by atoms with Gasteiger partial charge in [0.25, 0.3) is 5.91 Å². The van der Waals surface area contributed by atoms with E-state index in [1.165, 1.54) is 5.69 Å². The van der Waals surface area contributed by atoms with Crippen LogP contribution in [0.25, 0.3) is 0 Å². The quantitative estimate of drug-likeness (QED) is 0.562. The van der Waals surface area contributed by atoms with Gasteiger partial charge in [0.15, 0.2) is 0 Å². The second kappa shape index (κ2) is 8.76. The Labute approximate surface area is 203 Å². The summed E-state index contributed by atoms with van der Waals surface area (Å²) in [4.78, 5) is 18.1. The molecule has 1 atom stereocenters. The van der Waals surface area contributed by atoms with E-state index in [9.17, 15) is 4.79 Å². The van der Waals surface area contributed by atoms with Gasteiger partial charge in [0.1, 0.15) is 11.9 Å². The molecule has 2 aromatic carbocycles. The zero-order chi connectivity index (χ0) is 23.1. The number of aryl methyl sites for hydroxylation is 1. The molecule has 1 N–H and O–H groups in total. The molecule has 1 amide bonds. The molecule has 1 fully saturated rings. The topological polar surface area (TPSA) is 53.4 Å². The van der Waals surface area contributed by atoms with Crippen LogP contribution < -0.4 is 10.2 Å². The van der Waals surface area contributed by atoms with E-state index in [1.54, 1.807) is 6.07 Å². The van der Waals surface area contributed by atoms with Crippen LogP contribution in [0.1, 0.15) is 24.2 Å². The van der Waals surface area contributed by atoms with E-state index >= 15 is 0 Å². The van der Waals surface area contributed by atoms with Gasteiger partial charge < -0.3 is 15.1 Å². The summed E-state index contributed by atoms with van der Waals surface area (Å²) in [6.07, 6.45) is 0. The molecular formula is C25H25Cl2N5O. The zero-order valence-corrected chi connectivity index (χ0v) is 20.1. The van der Waals surface area contributed by atoms with Gasteiger partial charge in [0, 0.05) is 49.2 Å². The molecule has 170 valence electrons. The second-order valence-corrected chi connectivity index (χ2v) is 9.22. The average Bonchev–Trinajstić information content (AvgIpc) is 3.20. The minimum atomic E-state index is -0.458. The average molecular weight is 482 g/mol. The summed E-state index contributed by atoms with van der Waals surface area (Å²) in [5, 5.41) is 8.95. The molecular weight excluding hydrogens is 457 g/mol. The molecule has 0 bridgehead atoms. The number of amides is 1. The summed E-state index contributed by atoms with van der Waals surface area (Å²) in [5.41, 5.74) is 4.25. The molecule has 6 nitrogen and oxygen atoms in total. The monoisotopic (exact) mass is 481 g/mol. The van der Waals surface area contributed by atoms with Crippen LogP contribution in [0.4, 0.5) is 11.5 Å². The number of hydrogen-bond acceptors (Lipinski definition) is 4. The van der Waals surface area contributed by atoms with Crippen LogP contribution in [0, 0.1) is 6.92 Å². The SMILES string of the molecule is CC1=C(C(=O)N2CCN(c3ccccc3)CC2)C(c2cccc(Cl)c2Cl)n2nc(C)cc2N1. The van der Waals surface area contributed by atoms with Crippen molar-refractivity contribution in [3.8, 4) is 0 Å². The lowest BCUT2D eigenvalue weighted by Gasteiger charge is -2.38. The first-order valence-electron chi connectivity index (χ1n) is 11.0. The predicted molar refractivity (Wildman–Crippen MR) is 133 cm³/mol. The molecule has 2 aliphatic rings. The normalized spacial score (nSPS) is 18.2. The molecule has 8 heteroatoms. The van der Waals surface area contributed by atoms with Gasteiger partial charge in [-0.25, -0.2) is 4.68 Å². The summed E-state index contributed by atoms with van der Waals surface area (Å²) in [6.45, 7) is 6.72. The van der Waals surface area contributed by atoms with Crippen molar-refractivity contribution < 1.29 is 4.79 Å². The van der Waals surface area contributed by atoms with Crippen molar-refractivity contribution in [1.82, 2.24) is 14.7 Å². The Morgan fingerprint density at radius 2 is 1.73 bits per heavy atom. The number of nitrogens with one attached hydrogen (secondary N) is 1. The minimum Gasteiger partial charge on any atom is -0.368 e. The highest BCUT2D eigenvalue weighted by Crippen LogP contribution is 2.41. The second-order valence-electron chi connectivity index (χ2n) is 8.44. The Kier molecular flexibility index (Phi) is 5.81. The number of rotatable bonds is 3. The number of allylic oxidation sites excluding steroid dienone is 1. The van der Waals surface area contributed by atoms with E-state index in [4.69, 9.17) is 23.2 Å². The van der Waals surface area contributed by atoms with Crippen molar-refractivity contribution in [3.63, 3.8) is 0 Å². The highest BCUT2D eigenvalue weighted by Gasteiger charge is 2.37. The Bertz CT molecular complexity index is 1230. The van der Waals surface area contributed by atoms with E-state index < -0.39 is 6.04 Å². The third kappa shape index (κ3) is 3.98. The number of aromatic nitrogens is 2. The highest BCUT2D eigenvalue weighted by atomic mass is 35.5. The Morgan fingerprint density at radius 3 is 2.45 bits per heavy atom. The molecule has 33 heavy (non-hydrogen) atoms. The third-order valence-corrected chi connectivity index (χ3v) is 7.12. The van der Waals surface area contributed by atoms with Crippen molar-refractivity contribution >= 4 is 40.6 Å². The number of anilines is 2. The summed E-state index contributed by atoms with van der Waals surface area (Å²) < 4.78 is 1.84. The van der Waals surface area contributed by atoms with E-state index in [-0.39, 0.29) is 5.91 Å². The number of halogens is 2. The molecule has 0 saturated carbocycles. The molecule has 1 unspecified atom stereocenters. The van der Waals surface area contributed by atoms with Crippen LogP contribution in [-0.2, 0) is 4.79 Å². The van der Waals surface area contributed by atoms with E-state index in [0.717, 1.165) is 35.9 Å². The highest BCUT2D eigenvalue weighted by molar-refractivity contribution is 6.42. The van der Waals surface area contributed by atoms with Crippen LogP contribution in [-0.4, -0.2) is 46.8 Å². The van der Waals surface area contributed by atoms with Crippen LogP contribution in [0.3, 0.4) is 0 Å². The van der Waals surface area contributed by atoms with Crippen molar-refractivity contribution in [2.45, 2.75) is 19.9 Å². The molecule has 1 aromatic heterocycles. The van der Waals surface area contributed by atoms with Gasteiger partial charge >= 0.3 is 0 Å². The Hall–Kier alpha value is -2.96. The number of benzene rings is 2. The lowest BCUT2D eigenvalue weighted by molar-refractivity contribution is -0.128. The largest absolute Gasteiger partial charge is 0.368 e. The van der Waals surface area contributed by atoms with Gasteiger partial charge in [-0.2, -0.15) is 5.10 Å². The number of fused-ring (bicyclic) bond motifs is 1. The molecule has 0 spiro atoms. The molecule has 5 rings (SSSR count). The van der Waals surface area contributed by atoms with Crippen LogP contribution in [0.2, 0.25) is 10.0 Å². The molecule has 0 aliphatic carbocycles. The first-order valence-corrected chi connectivity index (χ1v) is 11.8. The van der Waals surface area contributed by atoms with Crippen LogP contribution in [0.5, 0.6) is 0 Å². The molecule has 0 radical (unpaired) electrons. The van der Waals surface area contributed by atoms with Gasteiger partial charge in [-0.3, -0.25) is 4.79 Å². The number of nitrogens with zero attached hydrogens (tertiary/aromatic N) is 4. The van der Waals surface area contributed by atoms with Gasteiger partial charge in [-0.1, -0.05) is 53.5 Å². The molecule has 1 saturated heterocycles. The lowest BCUT2D eigenvalue weighted by Crippen LogP contribution is -2.50. The standard InChI is InChI=1S/C25H25Cl2N5O/c1-16-15-21-28-17(2)22(24(32(21)29-16)19-9-6-10-20(26)23(19)27)25(33)31-13-11-30(12-14-31)18-7-4-3-5-8-18/h3-10,15,24,28H,11-14H2,1-2H3. The first kappa shape index (κ1) is 21.9. The predicted octanol–water partition coefficient (Wildman–Crippen LogP) is 5.14. The fraction of sp³-hybridized carbons (Fsp3) is 0.280. The zero-order valence-electron chi connectivity index (χ0n) is 18.6. The van der Waals surface area contributed by atoms with E-state index in [1.807, 2.05) is 59.8 Å². The molecule has 3 heterocycles. The fourth-order valence-electron chi connectivity index (χ4n) is 4.67. The summed E-state index contributed by atoms with van der Waals surface area (Å²) in [6, 6.07) is 17.3. The van der Waals surface area contributed by atoms with Gasteiger partial charge in [0.2, 0.25) is 0 Å². The van der Waals surface area contributed by atoms with Crippen LogP contribution >= 0.6 is 23.2 Å². The first-order chi connectivity index (χ1) is 15.9. The van der Waals surface area contributed by atoms with Gasteiger partial charge in [-0.05, 0) is 32.0 Å². The number of hydrogen-bond donors (Lipinski definition) is 1. The van der Waals surface area contributed by atoms with Gasteiger partial charge in [-0.15, -0.1) is 0 Å². The summed E-state index contributed by atoms with van der Waals surface area (Å²) >= 11 is 13.0. The van der Waals surface area contributed by atoms with E-state index in [2.05, 4.69) is 27.4 Å².